The van der Waals surface area contributed by atoms with Crippen LogP contribution in [-0.4, -0.2) is 52.0 Å². The summed E-state index contributed by atoms with van der Waals surface area (Å²) in [5, 5.41) is 3.31. The Morgan fingerprint density at radius 1 is 1.33 bits per heavy atom. The minimum atomic E-state index is -3.57. The summed E-state index contributed by atoms with van der Waals surface area (Å²) >= 11 is 0. The minimum Gasteiger partial charge on any atom is -0.465 e. The maximum absolute atomic E-state index is 12.7. The van der Waals surface area contributed by atoms with Gasteiger partial charge in [-0.15, -0.1) is 12.4 Å². The van der Waals surface area contributed by atoms with Gasteiger partial charge in [-0.1, -0.05) is 13.0 Å². The quantitative estimate of drug-likeness (QED) is 0.767. The van der Waals surface area contributed by atoms with Crippen molar-refractivity contribution in [2.45, 2.75) is 24.7 Å². The first-order valence-corrected chi connectivity index (χ1v) is 9.32. The molecule has 0 unspecified atom stereocenters. The van der Waals surface area contributed by atoms with Gasteiger partial charge in [0, 0.05) is 13.1 Å². The largest absolute Gasteiger partial charge is 0.465 e. The SMILES string of the molecule is CCNCC1CCN(S(=O)(=O)c2cccc(C(=O)OC)c2)CC1.Cl. The summed E-state index contributed by atoms with van der Waals surface area (Å²) in [6, 6.07) is 6.02. The Hall–Kier alpha value is -1.15. The number of hydrogen-bond acceptors (Lipinski definition) is 5. The van der Waals surface area contributed by atoms with Gasteiger partial charge in [-0.05, 0) is 50.0 Å². The van der Waals surface area contributed by atoms with Crippen LogP contribution in [0.25, 0.3) is 0 Å². The molecule has 8 heteroatoms. The maximum Gasteiger partial charge on any atom is 0.337 e. The van der Waals surface area contributed by atoms with E-state index in [4.69, 9.17) is 0 Å². The fourth-order valence-electron chi connectivity index (χ4n) is 2.75. The summed E-state index contributed by atoms with van der Waals surface area (Å²) in [5.41, 5.74) is 0.246. The van der Waals surface area contributed by atoms with Crippen LogP contribution >= 0.6 is 12.4 Å². The van der Waals surface area contributed by atoms with Gasteiger partial charge in [0.1, 0.15) is 0 Å². The summed E-state index contributed by atoms with van der Waals surface area (Å²) in [6.45, 7) is 4.95. The first-order valence-electron chi connectivity index (χ1n) is 7.88. The predicted octanol–water partition coefficient (Wildman–Crippen LogP) is 1.91. The number of hydrogen-bond donors (Lipinski definition) is 1. The van der Waals surface area contributed by atoms with E-state index in [1.807, 2.05) is 0 Å². The highest BCUT2D eigenvalue weighted by molar-refractivity contribution is 7.89. The lowest BCUT2D eigenvalue weighted by Crippen LogP contribution is -2.40. The smallest absolute Gasteiger partial charge is 0.337 e. The molecule has 1 aliphatic heterocycles. The van der Waals surface area contributed by atoms with Crippen LogP contribution < -0.4 is 5.32 Å². The van der Waals surface area contributed by atoms with E-state index < -0.39 is 16.0 Å². The molecule has 1 aromatic carbocycles. The highest BCUT2D eigenvalue weighted by atomic mass is 35.5. The molecule has 0 atom stereocenters. The third-order valence-electron chi connectivity index (χ3n) is 4.15. The molecule has 0 saturated carbocycles. The number of nitrogens with one attached hydrogen (secondary N) is 1. The number of benzene rings is 1. The van der Waals surface area contributed by atoms with Crippen molar-refractivity contribution in [2.24, 2.45) is 5.92 Å². The highest BCUT2D eigenvalue weighted by Crippen LogP contribution is 2.24. The lowest BCUT2D eigenvalue weighted by Gasteiger charge is -2.31. The van der Waals surface area contributed by atoms with Crippen molar-refractivity contribution in [1.29, 1.82) is 0 Å². The maximum atomic E-state index is 12.7. The van der Waals surface area contributed by atoms with Gasteiger partial charge >= 0.3 is 5.97 Å². The van der Waals surface area contributed by atoms with Crippen molar-refractivity contribution in [3.63, 3.8) is 0 Å². The Bertz CT molecular complexity index is 643. The van der Waals surface area contributed by atoms with E-state index in [1.54, 1.807) is 12.1 Å². The Balaban J connectivity index is 0.00000288. The topological polar surface area (TPSA) is 75.7 Å². The third-order valence-corrected chi connectivity index (χ3v) is 6.04. The lowest BCUT2D eigenvalue weighted by atomic mass is 9.98. The molecular weight excluding hydrogens is 352 g/mol. The molecule has 136 valence electrons. The Morgan fingerprint density at radius 3 is 2.58 bits per heavy atom. The zero-order valence-corrected chi connectivity index (χ0v) is 15.7. The van der Waals surface area contributed by atoms with E-state index in [-0.39, 0.29) is 22.9 Å². The summed E-state index contributed by atoms with van der Waals surface area (Å²) in [6.07, 6.45) is 1.70. The van der Waals surface area contributed by atoms with E-state index in [1.165, 1.54) is 23.5 Å². The summed E-state index contributed by atoms with van der Waals surface area (Å²) < 4.78 is 31.6. The molecule has 0 aromatic heterocycles. The van der Waals surface area contributed by atoms with Gasteiger partial charge in [-0.3, -0.25) is 0 Å². The zero-order valence-electron chi connectivity index (χ0n) is 14.0. The molecule has 0 spiro atoms. The number of esters is 1. The summed E-state index contributed by atoms with van der Waals surface area (Å²) in [4.78, 5) is 11.7. The Kier molecular flexibility index (Phi) is 8.15. The molecule has 0 radical (unpaired) electrons. The van der Waals surface area contributed by atoms with Crippen LogP contribution in [0.4, 0.5) is 0 Å². The monoisotopic (exact) mass is 376 g/mol. The van der Waals surface area contributed by atoms with E-state index in [2.05, 4.69) is 17.0 Å². The minimum absolute atomic E-state index is 0. The molecule has 0 bridgehead atoms. The molecule has 1 aromatic rings. The fourth-order valence-corrected chi connectivity index (χ4v) is 4.27. The first kappa shape index (κ1) is 20.9. The van der Waals surface area contributed by atoms with Crippen molar-refractivity contribution in [3.05, 3.63) is 29.8 Å². The van der Waals surface area contributed by atoms with Crippen LogP contribution in [0.5, 0.6) is 0 Å². The number of sulfonamides is 1. The van der Waals surface area contributed by atoms with Crippen molar-refractivity contribution < 1.29 is 17.9 Å². The normalized spacial score (nSPS) is 16.4. The molecule has 0 amide bonds. The van der Waals surface area contributed by atoms with Gasteiger partial charge in [0.15, 0.2) is 0 Å². The van der Waals surface area contributed by atoms with E-state index in [0.29, 0.717) is 19.0 Å². The molecule has 1 N–H and O–H groups in total. The number of carbonyl (C=O) groups is 1. The van der Waals surface area contributed by atoms with Crippen LogP contribution in [0.1, 0.15) is 30.1 Å². The van der Waals surface area contributed by atoms with Crippen LogP contribution in [0, 0.1) is 5.92 Å². The standard InChI is InChI=1S/C16H24N2O4S.ClH/c1-3-17-12-13-7-9-18(10-8-13)23(20,21)15-6-4-5-14(11-15)16(19)22-2;/h4-6,11,13,17H,3,7-10,12H2,1-2H3;1H. The zero-order chi connectivity index (χ0) is 16.9. The van der Waals surface area contributed by atoms with Crippen molar-refractivity contribution >= 4 is 28.4 Å². The first-order chi connectivity index (χ1) is 11.0. The molecule has 24 heavy (non-hydrogen) atoms. The van der Waals surface area contributed by atoms with Gasteiger partial charge in [0.05, 0.1) is 17.6 Å². The Morgan fingerprint density at radius 2 is 2.00 bits per heavy atom. The molecular formula is C16H25ClN2O4S. The molecule has 6 nitrogen and oxygen atoms in total. The van der Waals surface area contributed by atoms with Crippen molar-refractivity contribution in [1.82, 2.24) is 9.62 Å². The third kappa shape index (κ3) is 4.92. The van der Waals surface area contributed by atoms with Gasteiger partial charge < -0.3 is 10.1 Å². The van der Waals surface area contributed by atoms with Crippen molar-refractivity contribution in [3.8, 4) is 0 Å². The van der Waals surface area contributed by atoms with Crippen molar-refractivity contribution in [2.75, 3.05) is 33.3 Å². The molecule has 1 heterocycles. The second kappa shape index (κ2) is 9.36. The second-order valence-corrected chi connectivity index (χ2v) is 7.61. The number of nitrogens with zero attached hydrogens (tertiary/aromatic N) is 1. The van der Waals surface area contributed by atoms with E-state index >= 15 is 0 Å². The fraction of sp³-hybridized carbons (Fsp3) is 0.562. The molecule has 1 aliphatic rings. The van der Waals surface area contributed by atoms with Gasteiger partial charge in [0.25, 0.3) is 0 Å². The molecule has 1 fully saturated rings. The molecule has 0 aliphatic carbocycles. The second-order valence-electron chi connectivity index (χ2n) is 5.67. The summed E-state index contributed by atoms with van der Waals surface area (Å²) in [5.74, 6) is -0.0193. The molecule has 2 rings (SSSR count). The van der Waals surface area contributed by atoms with Gasteiger partial charge in [0.2, 0.25) is 10.0 Å². The highest BCUT2D eigenvalue weighted by Gasteiger charge is 2.29. The number of piperidine rings is 1. The van der Waals surface area contributed by atoms with E-state index in [0.717, 1.165) is 25.9 Å². The number of carbonyl (C=O) groups excluding carboxylic acids is 1. The number of halogens is 1. The van der Waals surface area contributed by atoms with Crippen LogP contribution in [0.15, 0.2) is 29.2 Å². The van der Waals surface area contributed by atoms with Crippen LogP contribution in [0.3, 0.4) is 0 Å². The lowest BCUT2D eigenvalue weighted by molar-refractivity contribution is 0.0600. The molecule has 1 saturated heterocycles. The summed E-state index contributed by atoms with van der Waals surface area (Å²) in [7, 11) is -2.29. The number of methoxy groups -OCH3 is 1. The van der Waals surface area contributed by atoms with Gasteiger partial charge in [-0.25, -0.2) is 13.2 Å². The Labute approximate surface area is 150 Å². The average molecular weight is 377 g/mol. The van der Waals surface area contributed by atoms with Gasteiger partial charge in [-0.2, -0.15) is 4.31 Å². The van der Waals surface area contributed by atoms with E-state index in [9.17, 15) is 13.2 Å². The number of rotatable bonds is 6. The predicted molar refractivity (Wildman–Crippen MR) is 95.1 cm³/mol. The van der Waals surface area contributed by atoms with Crippen LogP contribution in [0.2, 0.25) is 0 Å². The average Bonchev–Trinajstić information content (AvgIpc) is 2.59. The van der Waals surface area contributed by atoms with Crippen LogP contribution in [-0.2, 0) is 14.8 Å². The number of ether oxygens (including phenoxy) is 1.